The smallest absolute Gasteiger partial charge is 0.389 e. The largest absolute Gasteiger partial charge is 0.481 e. The van der Waals surface area contributed by atoms with E-state index in [0.29, 0.717) is 16.1 Å². The van der Waals surface area contributed by atoms with Crippen LogP contribution < -0.4 is 5.32 Å². The Kier molecular flexibility index (Phi) is 8.37. The van der Waals surface area contributed by atoms with E-state index < -0.39 is 30.4 Å². The van der Waals surface area contributed by atoms with E-state index in [1.165, 1.54) is 0 Å². The molecule has 4 rings (SSSR count). The molecule has 196 valence electrons. The number of carbonyl (C=O) groups excluding carboxylic acids is 1. The minimum atomic E-state index is -4.30. The van der Waals surface area contributed by atoms with E-state index in [1.807, 2.05) is 54.6 Å². The van der Waals surface area contributed by atoms with Crippen LogP contribution in [0.2, 0.25) is 5.02 Å². The highest BCUT2D eigenvalue weighted by Crippen LogP contribution is 2.36. The van der Waals surface area contributed by atoms with Gasteiger partial charge < -0.3 is 10.4 Å². The van der Waals surface area contributed by atoms with Crippen LogP contribution in [-0.4, -0.2) is 29.7 Å². The Morgan fingerprint density at radius 1 is 0.842 bits per heavy atom. The summed E-state index contributed by atoms with van der Waals surface area (Å²) in [5.41, 5.74) is 3.67. The summed E-state index contributed by atoms with van der Waals surface area (Å²) in [6.07, 6.45) is -5.59. The first-order valence-corrected chi connectivity index (χ1v) is 12.4. The molecule has 1 unspecified atom stereocenters. The molecule has 0 fully saturated rings. The zero-order chi connectivity index (χ0) is 27.3. The Balaban J connectivity index is 1.61. The van der Waals surface area contributed by atoms with Gasteiger partial charge in [-0.15, -0.1) is 0 Å². The second-order valence-electron chi connectivity index (χ2n) is 9.06. The fourth-order valence-electron chi connectivity index (χ4n) is 4.41. The van der Waals surface area contributed by atoms with Crippen LogP contribution in [0.15, 0.2) is 84.9 Å². The fraction of sp³-hybridized carbons (Fsp3) is 0.200. The average molecular weight is 540 g/mol. The van der Waals surface area contributed by atoms with E-state index >= 15 is 0 Å². The maximum atomic E-state index is 13.2. The predicted molar refractivity (Wildman–Crippen MR) is 143 cm³/mol. The average Bonchev–Trinajstić information content (AvgIpc) is 2.88. The zero-order valence-electron chi connectivity index (χ0n) is 20.3. The number of fused-ring (bicyclic) bond motifs is 1. The van der Waals surface area contributed by atoms with Gasteiger partial charge in [0.25, 0.3) is 5.91 Å². The number of carboxylic acid groups (broad SMARTS) is 1. The number of carboxylic acids is 1. The summed E-state index contributed by atoms with van der Waals surface area (Å²) in [4.78, 5) is 22.9. The molecule has 0 saturated heterocycles. The number of carbonyl (C=O) groups is 2. The topological polar surface area (TPSA) is 66.4 Å². The summed E-state index contributed by atoms with van der Waals surface area (Å²) < 4.78 is 39.5. The maximum Gasteiger partial charge on any atom is 0.389 e. The molecular formula is C30H25ClF3NO3. The van der Waals surface area contributed by atoms with Crippen molar-refractivity contribution in [2.24, 2.45) is 0 Å². The van der Waals surface area contributed by atoms with Crippen molar-refractivity contribution in [1.82, 2.24) is 5.32 Å². The summed E-state index contributed by atoms with van der Waals surface area (Å²) in [5, 5.41) is 13.7. The van der Waals surface area contributed by atoms with Crippen LogP contribution >= 0.6 is 11.6 Å². The third kappa shape index (κ3) is 7.13. The van der Waals surface area contributed by atoms with E-state index in [0.717, 1.165) is 27.5 Å². The van der Waals surface area contributed by atoms with Crippen molar-refractivity contribution >= 4 is 34.2 Å². The van der Waals surface area contributed by atoms with E-state index in [-0.39, 0.29) is 19.4 Å². The summed E-state index contributed by atoms with van der Waals surface area (Å²) in [6.45, 7) is -0.0136. The van der Waals surface area contributed by atoms with Crippen molar-refractivity contribution in [3.8, 4) is 11.1 Å². The second-order valence-corrected chi connectivity index (χ2v) is 9.50. The van der Waals surface area contributed by atoms with Crippen LogP contribution in [0.25, 0.3) is 21.9 Å². The predicted octanol–water partition coefficient (Wildman–Crippen LogP) is 7.84. The summed E-state index contributed by atoms with van der Waals surface area (Å²) in [5.74, 6) is -1.99. The SMILES string of the molecule is O=C(O)CCNC(=O)c1ccc(C(CCC(F)(F)F)c2ccc3cc(-c4cccc(Cl)c4)ccc3c2)cc1. The van der Waals surface area contributed by atoms with E-state index in [9.17, 15) is 22.8 Å². The van der Waals surface area contributed by atoms with Crippen molar-refractivity contribution in [2.75, 3.05) is 6.54 Å². The Labute approximate surface area is 223 Å². The first-order valence-electron chi connectivity index (χ1n) is 12.1. The molecule has 0 heterocycles. The van der Waals surface area contributed by atoms with Crippen LogP contribution in [0.5, 0.6) is 0 Å². The summed E-state index contributed by atoms with van der Waals surface area (Å²) >= 11 is 6.13. The third-order valence-corrected chi connectivity index (χ3v) is 6.58. The number of halogens is 4. The zero-order valence-corrected chi connectivity index (χ0v) is 21.0. The molecule has 0 bridgehead atoms. The number of benzene rings is 4. The number of alkyl halides is 3. The summed E-state index contributed by atoms with van der Waals surface area (Å²) in [6, 6.07) is 25.5. The van der Waals surface area contributed by atoms with Crippen LogP contribution in [0.4, 0.5) is 13.2 Å². The molecule has 2 N–H and O–H groups in total. The quantitative estimate of drug-likeness (QED) is 0.228. The highest BCUT2D eigenvalue weighted by Gasteiger charge is 2.29. The van der Waals surface area contributed by atoms with Gasteiger partial charge >= 0.3 is 12.1 Å². The highest BCUT2D eigenvalue weighted by atomic mass is 35.5. The van der Waals surface area contributed by atoms with Crippen LogP contribution in [-0.2, 0) is 4.79 Å². The number of hydrogen-bond donors (Lipinski definition) is 2. The van der Waals surface area contributed by atoms with E-state index in [4.69, 9.17) is 16.7 Å². The van der Waals surface area contributed by atoms with Gasteiger partial charge in [-0.05, 0) is 69.8 Å². The highest BCUT2D eigenvalue weighted by molar-refractivity contribution is 6.30. The van der Waals surface area contributed by atoms with Gasteiger partial charge in [0.2, 0.25) is 0 Å². The lowest BCUT2D eigenvalue weighted by Gasteiger charge is -2.20. The van der Waals surface area contributed by atoms with Crippen molar-refractivity contribution in [2.45, 2.75) is 31.4 Å². The van der Waals surface area contributed by atoms with Crippen LogP contribution in [0.1, 0.15) is 46.7 Å². The molecular weight excluding hydrogens is 515 g/mol. The molecule has 0 aromatic heterocycles. The number of nitrogens with one attached hydrogen (secondary N) is 1. The van der Waals surface area contributed by atoms with Gasteiger partial charge in [-0.1, -0.05) is 66.2 Å². The molecule has 0 aliphatic carbocycles. The number of amides is 1. The van der Waals surface area contributed by atoms with Gasteiger partial charge in [-0.2, -0.15) is 13.2 Å². The number of hydrogen-bond acceptors (Lipinski definition) is 2. The van der Waals surface area contributed by atoms with Crippen molar-refractivity contribution < 1.29 is 27.9 Å². The molecule has 4 aromatic carbocycles. The van der Waals surface area contributed by atoms with Crippen molar-refractivity contribution in [3.05, 3.63) is 107 Å². The van der Waals surface area contributed by atoms with E-state index in [1.54, 1.807) is 30.3 Å². The first kappa shape index (κ1) is 27.2. The number of rotatable bonds is 9. The normalized spacial score (nSPS) is 12.3. The molecule has 1 amide bonds. The van der Waals surface area contributed by atoms with Gasteiger partial charge in [0.1, 0.15) is 0 Å². The summed E-state index contributed by atoms with van der Waals surface area (Å²) in [7, 11) is 0. The van der Waals surface area contributed by atoms with Crippen LogP contribution in [0.3, 0.4) is 0 Å². The van der Waals surface area contributed by atoms with Gasteiger partial charge in [-0.25, -0.2) is 0 Å². The number of aliphatic carboxylic acids is 1. The lowest BCUT2D eigenvalue weighted by atomic mass is 9.85. The van der Waals surface area contributed by atoms with Gasteiger partial charge in [0.15, 0.2) is 0 Å². The molecule has 0 aliphatic rings. The molecule has 1 atom stereocenters. The molecule has 0 radical (unpaired) electrons. The molecule has 0 saturated carbocycles. The third-order valence-electron chi connectivity index (χ3n) is 6.34. The molecule has 4 aromatic rings. The molecule has 0 aliphatic heterocycles. The minimum Gasteiger partial charge on any atom is -0.481 e. The second kappa shape index (κ2) is 11.7. The maximum absolute atomic E-state index is 13.2. The standard InChI is InChI=1S/C30H25ClF3NO3/c31-26-3-1-2-21(18-26)22-8-9-24-17-25(11-10-23(24)16-22)27(12-14-30(32,33)34)19-4-6-20(7-5-19)29(38)35-15-13-28(36)37/h1-11,16-18,27H,12-15H2,(H,35,38)(H,36,37). The van der Waals surface area contributed by atoms with Gasteiger partial charge in [-0.3, -0.25) is 9.59 Å². The molecule has 8 heteroatoms. The van der Waals surface area contributed by atoms with Gasteiger partial charge in [0, 0.05) is 29.5 Å². The van der Waals surface area contributed by atoms with E-state index in [2.05, 4.69) is 5.32 Å². The fourth-order valence-corrected chi connectivity index (χ4v) is 4.60. The molecule has 4 nitrogen and oxygen atoms in total. The van der Waals surface area contributed by atoms with Crippen molar-refractivity contribution in [3.63, 3.8) is 0 Å². The Hall–Kier alpha value is -3.84. The van der Waals surface area contributed by atoms with Crippen LogP contribution in [0, 0.1) is 0 Å². The minimum absolute atomic E-state index is 0.0136. The first-order chi connectivity index (χ1) is 18.1. The molecule has 0 spiro atoms. The van der Waals surface area contributed by atoms with Crippen molar-refractivity contribution in [1.29, 1.82) is 0 Å². The lowest BCUT2D eigenvalue weighted by Crippen LogP contribution is -2.25. The Morgan fingerprint density at radius 3 is 2.18 bits per heavy atom. The lowest BCUT2D eigenvalue weighted by molar-refractivity contribution is -0.137. The monoisotopic (exact) mass is 539 g/mol. The Morgan fingerprint density at radius 2 is 1.50 bits per heavy atom. The molecule has 38 heavy (non-hydrogen) atoms. The van der Waals surface area contributed by atoms with Gasteiger partial charge in [0.05, 0.1) is 6.42 Å². The Bertz CT molecular complexity index is 1450.